The van der Waals surface area contributed by atoms with E-state index in [0.29, 0.717) is 18.5 Å². The summed E-state index contributed by atoms with van der Waals surface area (Å²) in [5, 5.41) is 6.51. The van der Waals surface area contributed by atoms with Crippen molar-refractivity contribution in [2.24, 2.45) is 4.99 Å². The van der Waals surface area contributed by atoms with Gasteiger partial charge in [0.15, 0.2) is 12.6 Å². The monoisotopic (exact) mass is 386 g/mol. The molecule has 27 heavy (non-hydrogen) atoms. The largest absolute Gasteiger partial charge is 0.484 e. The highest BCUT2D eigenvalue weighted by Gasteiger charge is 2.30. The molecule has 1 aliphatic rings. The molecule has 1 aromatic carbocycles. The Labute approximate surface area is 159 Å². The van der Waals surface area contributed by atoms with Crippen molar-refractivity contribution in [3.63, 3.8) is 0 Å². The van der Waals surface area contributed by atoms with Crippen LogP contribution in [0.3, 0.4) is 0 Å². The third kappa shape index (κ3) is 8.07. The second-order valence-corrected chi connectivity index (χ2v) is 6.96. The Hall–Kier alpha value is -1.96. The first-order chi connectivity index (χ1) is 12.8. The van der Waals surface area contributed by atoms with Crippen LogP contribution in [0.5, 0.6) is 5.75 Å². The van der Waals surface area contributed by atoms with Crippen molar-refractivity contribution in [1.82, 2.24) is 15.5 Å². The van der Waals surface area contributed by atoms with E-state index in [2.05, 4.69) is 34.4 Å². The number of hydrogen-bond acceptors (Lipinski definition) is 3. The number of hydrogen-bond donors (Lipinski definition) is 2. The fourth-order valence-corrected chi connectivity index (χ4v) is 2.85. The summed E-state index contributed by atoms with van der Waals surface area (Å²) in [5.41, 5.74) is 0.930. The molecule has 1 fully saturated rings. The fourth-order valence-electron chi connectivity index (χ4n) is 2.85. The van der Waals surface area contributed by atoms with Gasteiger partial charge >= 0.3 is 6.18 Å². The highest BCUT2D eigenvalue weighted by Crippen LogP contribution is 2.27. The normalized spacial score (nSPS) is 15.3. The second-order valence-electron chi connectivity index (χ2n) is 6.96. The molecule has 0 spiro atoms. The highest BCUT2D eigenvalue weighted by atomic mass is 19.4. The first kappa shape index (κ1) is 21.3. The molecular weight excluding hydrogens is 357 g/mol. The molecule has 1 aromatic rings. The third-order valence-electron chi connectivity index (χ3n) is 4.35. The summed E-state index contributed by atoms with van der Waals surface area (Å²) in [6.07, 6.45) is -1.76. The zero-order valence-electron chi connectivity index (χ0n) is 16.1. The van der Waals surface area contributed by atoms with Crippen molar-refractivity contribution in [3.05, 3.63) is 29.8 Å². The first-order valence-electron chi connectivity index (χ1n) is 9.27. The van der Waals surface area contributed by atoms with Crippen LogP contribution in [0.1, 0.15) is 32.3 Å². The first-order valence-corrected chi connectivity index (χ1v) is 9.27. The maximum atomic E-state index is 12.2. The van der Waals surface area contributed by atoms with E-state index in [4.69, 9.17) is 4.74 Å². The molecule has 0 radical (unpaired) electrons. The standard InChI is InChI=1S/C19H29F3N4O/c1-14(2)26(16-6-7-16)11-10-24-18(23-3)25-12-15-4-8-17(9-5-15)27-13-19(20,21)22/h4-5,8-9,14,16H,6-7,10-13H2,1-3H3,(H2,23,24,25). The predicted octanol–water partition coefficient (Wildman–Crippen LogP) is 3.17. The Morgan fingerprint density at radius 1 is 1.22 bits per heavy atom. The summed E-state index contributed by atoms with van der Waals surface area (Å²) in [4.78, 5) is 6.71. The minimum atomic E-state index is -4.33. The number of guanidine groups is 1. The van der Waals surface area contributed by atoms with Gasteiger partial charge in [-0.25, -0.2) is 0 Å². The molecule has 2 rings (SSSR count). The van der Waals surface area contributed by atoms with E-state index in [-0.39, 0.29) is 5.75 Å². The molecular formula is C19H29F3N4O. The van der Waals surface area contributed by atoms with E-state index in [1.54, 1.807) is 19.2 Å². The van der Waals surface area contributed by atoms with Gasteiger partial charge < -0.3 is 15.4 Å². The van der Waals surface area contributed by atoms with Gasteiger partial charge in [0, 0.05) is 38.8 Å². The summed E-state index contributed by atoms with van der Waals surface area (Å²) in [7, 11) is 1.71. The predicted molar refractivity (Wildman–Crippen MR) is 101 cm³/mol. The molecule has 2 N–H and O–H groups in total. The molecule has 0 amide bonds. The van der Waals surface area contributed by atoms with E-state index < -0.39 is 12.8 Å². The van der Waals surface area contributed by atoms with Crippen LogP contribution in [0.25, 0.3) is 0 Å². The number of halogens is 3. The molecule has 5 nitrogen and oxygen atoms in total. The Balaban J connectivity index is 1.72. The van der Waals surface area contributed by atoms with E-state index in [1.807, 2.05) is 0 Å². The van der Waals surface area contributed by atoms with Crippen molar-refractivity contribution in [2.75, 3.05) is 26.7 Å². The van der Waals surface area contributed by atoms with Crippen molar-refractivity contribution in [2.45, 2.75) is 51.5 Å². The van der Waals surface area contributed by atoms with Crippen LogP contribution in [0, 0.1) is 0 Å². The summed E-state index contributed by atoms with van der Waals surface area (Å²) in [6.45, 7) is 5.44. The summed E-state index contributed by atoms with van der Waals surface area (Å²) in [6, 6.07) is 7.80. The van der Waals surface area contributed by atoms with Crippen LogP contribution in [0.4, 0.5) is 13.2 Å². The van der Waals surface area contributed by atoms with E-state index >= 15 is 0 Å². The third-order valence-corrected chi connectivity index (χ3v) is 4.35. The van der Waals surface area contributed by atoms with Crippen molar-refractivity contribution < 1.29 is 17.9 Å². The molecule has 152 valence electrons. The van der Waals surface area contributed by atoms with Crippen molar-refractivity contribution >= 4 is 5.96 Å². The van der Waals surface area contributed by atoms with Gasteiger partial charge in [-0.1, -0.05) is 12.1 Å². The highest BCUT2D eigenvalue weighted by molar-refractivity contribution is 5.79. The molecule has 1 saturated carbocycles. The molecule has 0 bridgehead atoms. The van der Waals surface area contributed by atoms with Gasteiger partial charge in [-0.3, -0.25) is 9.89 Å². The Morgan fingerprint density at radius 3 is 2.41 bits per heavy atom. The van der Waals surface area contributed by atoms with Gasteiger partial charge in [-0.2, -0.15) is 13.2 Å². The zero-order chi connectivity index (χ0) is 19.9. The number of alkyl halides is 3. The van der Waals surface area contributed by atoms with Crippen molar-refractivity contribution in [3.8, 4) is 5.75 Å². The summed E-state index contributed by atoms with van der Waals surface area (Å²) in [5.74, 6) is 0.902. The fraction of sp³-hybridized carbons (Fsp3) is 0.632. The van der Waals surface area contributed by atoms with E-state index in [9.17, 15) is 13.2 Å². The number of aliphatic imine (C=N–C) groups is 1. The van der Waals surface area contributed by atoms with Crippen molar-refractivity contribution in [1.29, 1.82) is 0 Å². The van der Waals surface area contributed by atoms with Crippen LogP contribution in [0.15, 0.2) is 29.3 Å². The molecule has 0 aromatic heterocycles. The van der Waals surface area contributed by atoms with Crippen LogP contribution >= 0.6 is 0 Å². The van der Waals surface area contributed by atoms with Crippen LogP contribution < -0.4 is 15.4 Å². The maximum absolute atomic E-state index is 12.2. The van der Waals surface area contributed by atoms with Gasteiger partial charge in [0.2, 0.25) is 0 Å². The lowest BCUT2D eigenvalue weighted by Crippen LogP contribution is -2.43. The maximum Gasteiger partial charge on any atom is 0.422 e. The number of benzene rings is 1. The molecule has 0 aliphatic heterocycles. The Morgan fingerprint density at radius 2 is 1.89 bits per heavy atom. The second kappa shape index (κ2) is 9.82. The van der Waals surface area contributed by atoms with Crippen LogP contribution in [-0.4, -0.2) is 55.9 Å². The lowest BCUT2D eigenvalue weighted by molar-refractivity contribution is -0.153. The number of nitrogens with one attached hydrogen (secondary N) is 2. The van der Waals surface area contributed by atoms with Crippen LogP contribution in [0.2, 0.25) is 0 Å². The van der Waals surface area contributed by atoms with Gasteiger partial charge in [0.25, 0.3) is 0 Å². The lowest BCUT2D eigenvalue weighted by atomic mass is 10.2. The van der Waals surface area contributed by atoms with E-state index in [0.717, 1.165) is 24.7 Å². The number of nitrogens with zero attached hydrogens (tertiary/aromatic N) is 2. The van der Waals surface area contributed by atoms with E-state index in [1.165, 1.54) is 25.0 Å². The minimum Gasteiger partial charge on any atom is -0.484 e. The minimum absolute atomic E-state index is 0.201. The summed E-state index contributed by atoms with van der Waals surface area (Å²) >= 11 is 0. The van der Waals surface area contributed by atoms with Gasteiger partial charge in [0.05, 0.1) is 0 Å². The zero-order valence-corrected chi connectivity index (χ0v) is 16.1. The molecule has 0 unspecified atom stereocenters. The molecule has 1 aliphatic carbocycles. The molecule has 0 heterocycles. The van der Waals surface area contributed by atoms with Gasteiger partial charge in [-0.05, 0) is 44.4 Å². The lowest BCUT2D eigenvalue weighted by Gasteiger charge is -2.26. The number of ether oxygens (including phenoxy) is 1. The van der Waals surface area contributed by atoms with Crippen LogP contribution in [-0.2, 0) is 6.54 Å². The molecule has 8 heteroatoms. The van der Waals surface area contributed by atoms with Gasteiger partial charge in [0.1, 0.15) is 5.75 Å². The average Bonchev–Trinajstić information content (AvgIpc) is 3.44. The Kier molecular flexibility index (Phi) is 7.77. The topological polar surface area (TPSA) is 48.9 Å². The smallest absolute Gasteiger partial charge is 0.422 e. The van der Waals surface area contributed by atoms with Gasteiger partial charge in [-0.15, -0.1) is 0 Å². The molecule has 0 saturated heterocycles. The quantitative estimate of drug-likeness (QED) is 0.506. The molecule has 0 atom stereocenters. The average molecular weight is 386 g/mol. The Bertz CT molecular complexity index is 596. The number of rotatable bonds is 9. The summed E-state index contributed by atoms with van der Waals surface area (Å²) < 4.78 is 41.2. The SMILES string of the molecule is CN=C(NCCN(C(C)C)C1CC1)NCc1ccc(OCC(F)(F)F)cc1.